The molecule has 3 N–H and O–H groups in total. The minimum atomic E-state index is -0.435. The summed E-state index contributed by atoms with van der Waals surface area (Å²) in [5, 5.41) is 6.03. The van der Waals surface area contributed by atoms with E-state index in [9.17, 15) is 4.79 Å². The van der Waals surface area contributed by atoms with Crippen LogP contribution in [0.1, 0.15) is 24.4 Å². The summed E-state index contributed by atoms with van der Waals surface area (Å²) in [6, 6.07) is 7.88. The molecule has 2 aromatic rings. The highest BCUT2D eigenvalue weighted by Gasteiger charge is 2.16. The largest absolute Gasteiger partial charge is 0.354 e. The van der Waals surface area contributed by atoms with E-state index < -0.39 is 6.04 Å². The van der Waals surface area contributed by atoms with Gasteiger partial charge in [0.15, 0.2) is 0 Å². The number of rotatable bonds is 6. The van der Waals surface area contributed by atoms with Crippen LogP contribution in [-0.2, 0) is 11.2 Å². The highest BCUT2D eigenvalue weighted by Crippen LogP contribution is 2.21. The molecular weight excluding hydrogens is 294 g/mol. The lowest BCUT2D eigenvalue weighted by Crippen LogP contribution is -2.44. The van der Waals surface area contributed by atoms with Crippen LogP contribution in [0, 0.1) is 12.8 Å². The Morgan fingerprint density at radius 3 is 2.55 bits per heavy atom. The van der Waals surface area contributed by atoms with E-state index in [0.29, 0.717) is 6.54 Å². The molecular formula is C17H23N3OS. The normalized spacial score (nSPS) is 12.4. The second-order valence-electron chi connectivity index (χ2n) is 5.76. The van der Waals surface area contributed by atoms with Gasteiger partial charge in [0, 0.05) is 17.5 Å². The average molecular weight is 317 g/mol. The number of hydrogen-bond donors (Lipinski definition) is 2. The van der Waals surface area contributed by atoms with Gasteiger partial charge in [-0.15, -0.1) is 11.3 Å². The maximum absolute atomic E-state index is 11.8. The molecule has 118 valence electrons. The van der Waals surface area contributed by atoms with E-state index in [-0.39, 0.29) is 11.8 Å². The first-order valence-electron chi connectivity index (χ1n) is 7.52. The van der Waals surface area contributed by atoms with Gasteiger partial charge in [0.1, 0.15) is 0 Å². The van der Waals surface area contributed by atoms with Crippen LogP contribution >= 0.6 is 11.3 Å². The van der Waals surface area contributed by atoms with Crippen LogP contribution in [0.3, 0.4) is 0 Å². The van der Waals surface area contributed by atoms with Gasteiger partial charge in [0.25, 0.3) is 0 Å². The Morgan fingerprint density at radius 2 is 2.00 bits per heavy atom. The number of nitrogens with one attached hydrogen (secondary N) is 1. The van der Waals surface area contributed by atoms with Crippen LogP contribution in [0.5, 0.6) is 0 Å². The molecule has 1 aromatic carbocycles. The standard InChI is InChI=1S/C17H23N3OS/c1-11(2)16(18)17(21)19-9-8-13-4-6-14(7-5-13)15-10-22-12(3)20-15/h4-7,10-11,16H,8-9,18H2,1-3H3,(H,19,21)/t16-/m0/s1. The molecule has 5 heteroatoms. The zero-order valence-corrected chi connectivity index (χ0v) is 14.1. The van der Waals surface area contributed by atoms with Gasteiger partial charge in [-0.2, -0.15) is 0 Å². The van der Waals surface area contributed by atoms with Crippen molar-refractivity contribution in [2.45, 2.75) is 33.2 Å². The lowest BCUT2D eigenvalue weighted by molar-refractivity contribution is -0.123. The Bertz CT molecular complexity index is 619. The van der Waals surface area contributed by atoms with Crippen molar-refractivity contribution in [2.75, 3.05) is 6.54 Å². The second kappa shape index (κ2) is 7.51. The molecule has 1 aromatic heterocycles. The first-order chi connectivity index (χ1) is 10.5. The quantitative estimate of drug-likeness (QED) is 0.861. The zero-order chi connectivity index (χ0) is 16.1. The van der Waals surface area contributed by atoms with Gasteiger partial charge < -0.3 is 11.1 Å². The van der Waals surface area contributed by atoms with Crippen molar-refractivity contribution >= 4 is 17.2 Å². The van der Waals surface area contributed by atoms with Crippen LogP contribution in [0.2, 0.25) is 0 Å². The van der Waals surface area contributed by atoms with Gasteiger partial charge >= 0.3 is 0 Å². The van der Waals surface area contributed by atoms with E-state index in [4.69, 9.17) is 5.73 Å². The van der Waals surface area contributed by atoms with Gasteiger partial charge in [0.2, 0.25) is 5.91 Å². The average Bonchev–Trinajstić information content (AvgIpc) is 2.93. The van der Waals surface area contributed by atoms with Crippen molar-refractivity contribution in [1.82, 2.24) is 10.3 Å². The van der Waals surface area contributed by atoms with Gasteiger partial charge in [0.05, 0.1) is 16.7 Å². The summed E-state index contributed by atoms with van der Waals surface area (Å²) < 4.78 is 0. The molecule has 1 atom stereocenters. The predicted molar refractivity (Wildman–Crippen MR) is 91.8 cm³/mol. The fourth-order valence-electron chi connectivity index (χ4n) is 2.09. The second-order valence-corrected chi connectivity index (χ2v) is 6.82. The lowest BCUT2D eigenvalue weighted by Gasteiger charge is -2.15. The number of amides is 1. The Hall–Kier alpha value is -1.72. The van der Waals surface area contributed by atoms with Crippen molar-refractivity contribution in [3.8, 4) is 11.3 Å². The van der Waals surface area contributed by atoms with Gasteiger partial charge in [-0.3, -0.25) is 4.79 Å². The number of thiazole rings is 1. The van der Waals surface area contributed by atoms with Gasteiger partial charge in [-0.1, -0.05) is 38.1 Å². The van der Waals surface area contributed by atoms with E-state index in [1.54, 1.807) is 11.3 Å². The number of nitrogens with two attached hydrogens (primary N) is 1. The minimum Gasteiger partial charge on any atom is -0.354 e. The number of hydrogen-bond acceptors (Lipinski definition) is 4. The zero-order valence-electron chi connectivity index (χ0n) is 13.3. The van der Waals surface area contributed by atoms with Crippen LogP contribution in [0.25, 0.3) is 11.3 Å². The molecule has 0 radical (unpaired) electrons. The summed E-state index contributed by atoms with van der Waals surface area (Å²) >= 11 is 1.65. The molecule has 0 bridgehead atoms. The van der Waals surface area contributed by atoms with Crippen molar-refractivity contribution in [1.29, 1.82) is 0 Å². The molecule has 0 aliphatic heterocycles. The third-order valence-electron chi connectivity index (χ3n) is 3.60. The molecule has 4 nitrogen and oxygen atoms in total. The third kappa shape index (κ3) is 4.39. The number of aromatic nitrogens is 1. The molecule has 0 unspecified atom stereocenters. The number of benzene rings is 1. The molecule has 0 fully saturated rings. The van der Waals surface area contributed by atoms with Crippen LogP contribution in [-0.4, -0.2) is 23.5 Å². The Morgan fingerprint density at radius 1 is 1.32 bits per heavy atom. The fourth-order valence-corrected chi connectivity index (χ4v) is 2.71. The van der Waals surface area contributed by atoms with Gasteiger partial charge in [-0.25, -0.2) is 4.98 Å². The molecule has 22 heavy (non-hydrogen) atoms. The monoisotopic (exact) mass is 317 g/mol. The topological polar surface area (TPSA) is 68.0 Å². The number of aryl methyl sites for hydroxylation is 1. The van der Waals surface area contributed by atoms with Crippen molar-refractivity contribution in [3.05, 3.63) is 40.2 Å². The van der Waals surface area contributed by atoms with Crippen molar-refractivity contribution in [3.63, 3.8) is 0 Å². The highest BCUT2D eigenvalue weighted by atomic mass is 32.1. The molecule has 0 aliphatic carbocycles. The number of nitrogens with zero attached hydrogens (tertiary/aromatic N) is 1. The van der Waals surface area contributed by atoms with E-state index in [0.717, 1.165) is 22.7 Å². The molecule has 2 rings (SSSR count). The van der Waals surface area contributed by atoms with E-state index in [1.165, 1.54) is 5.56 Å². The smallest absolute Gasteiger partial charge is 0.237 e. The molecule has 1 heterocycles. The van der Waals surface area contributed by atoms with E-state index >= 15 is 0 Å². The summed E-state index contributed by atoms with van der Waals surface area (Å²) in [7, 11) is 0. The van der Waals surface area contributed by atoms with Crippen LogP contribution < -0.4 is 11.1 Å². The summed E-state index contributed by atoms with van der Waals surface area (Å²) in [6.45, 7) is 6.51. The summed E-state index contributed by atoms with van der Waals surface area (Å²) in [4.78, 5) is 16.3. The molecule has 0 spiro atoms. The molecule has 0 aliphatic rings. The lowest BCUT2D eigenvalue weighted by atomic mass is 10.0. The third-order valence-corrected chi connectivity index (χ3v) is 4.38. The molecule has 1 amide bonds. The molecule has 0 saturated carbocycles. The Labute approximate surface area is 135 Å². The Balaban J connectivity index is 1.86. The Kier molecular flexibility index (Phi) is 5.69. The number of carbonyl (C=O) groups is 1. The first kappa shape index (κ1) is 16.6. The van der Waals surface area contributed by atoms with E-state index in [1.807, 2.05) is 20.8 Å². The summed E-state index contributed by atoms with van der Waals surface area (Å²) in [5.74, 6) is 0.0745. The van der Waals surface area contributed by atoms with Crippen LogP contribution in [0.4, 0.5) is 0 Å². The minimum absolute atomic E-state index is 0.0791. The van der Waals surface area contributed by atoms with Crippen molar-refractivity contribution < 1.29 is 4.79 Å². The SMILES string of the molecule is Cc1nc(-c2ccc(CCNC(=O)[C@@H](N)C(C)C)cc2)cs1. The summed E-state index contributed by atoms with van der Waals surface area (Å²) in [5.41, 5.74) is 9.14. The van der Waals surface area contributed by atoms with Gasteiger partial charge in [-0.05, 0) is 24.8 Å². The predicted octanol–water partition coefficient (Wildman–Crippen LogP) is 2.76. The molecule has 0 saturated heterocycles. The van der Waals surface area contributed by atoms with E-state index in [2.05, 4.69) is 39.9 Å². The maximum Gasteiger partial charge on any atom is 0.237 e. The first-order valence-corrected chi connectivity index (χ1v) is 8.40. The maximum atomic E-state index is 11.8. The fraction of sp³-hybridized carbons (Fsp3) is 0.412. The van der Waals surface area contributed by atoms with Crippen molar-refractivity contribution in [2.24, 2.45) is 11.7 Å². The summed E-state index contributed by atoms with van der Waals surface area (Å²) in [6.07, 6.45) is 0.799. The van der Waals surface area contributed by atoms with Crippen LogP contribution in [0.15, 0.2) is 29.6 Å². The highest BCUT2D eigenvalue weighted by molar-refractivity contribution is 7.09. The number of carbonyl (C=O) groups excluding carboxylic acids is 1.